The first-order chi connectivity index (χ1) is 6.66. The second-order valence-electron chi connectivity index (χ2n) is 4.28. The van der Waals surface area contributed by atoms with E-state index in [0.717, 1.165) is 12.1 Å². The predicted molar refractivity (Wildman–Crippen MR) is 59.3 cm³/mol. The standard InChI is InChI=1S/C12H16N2/c1-9(2)7-14-8-13-11-5-4-10(3)6-12(11)14/h4-6,8-9H,7H2,1-3H3. The molecular weight excluding hydrogens is 172 g/mol. The van der Waals surface area contributed by atoms with Gasteiger partial charge in [0.05, 0.1) is 17.4 Å². The number of hydrogen-bond donors (Lipinski definition) is 0. The summed E-state index contributed by atoms with van der Waals surface area (Å²) in [6.45, 7) is 7.61. The highest BCUT2D eigenvalue weighted by molar-refractivity contribution is 5.75. The van der Waals surface area contributed by atoms with Crippen molar-refractivity contribution in [3.8, 4) is 0 Å². The Morgan fingerprint density at radius 1 is 1.36 bits per heavy atom. The van der Waals surface area contributed by atoms with Crippen LogP contribution in [0.15, 0.2) is 24.5 Å². The van der Waals surface area contributed by atoms with Gasteiger partial charge in [0.25, 0.3) is 0 Å². The zero-order valence-corrected chi connectivity index (χ0v) is 8.99. The number of fused-ring (bicyclic) bond motifs is 1. The Kier molecular flexibility index (Phi) is 2.28. The number of hydrogen-bond acceptors (Lipinski definition) is 1. The van der Waals surface area contributed by atoms with Gasteiger partial charge in [0.2, 0.25) is 0 Å². The van der Waals surface area contributed by atoms with E-state index in [9.17, 15) is 0 Å². The van der Waals surface area contributed by atoms with Crippen LogP contribution in [-0.4, -0.2) is 9.55 Å². The van der Waals surface area contributed by atoms with E-state index in [1.165, 1.54) is 11.1 Å². The van der Waals surface area contributed by atoms with Crippen LogP contribution in [0.1, 0.15) is 19.4 Å². The number of nitrogens with zero attached hydrogens (tertiary/aromatic N) is 2. The van der Waals surface area contributed by atoms with Crippen LogP contribution in [-0.2, 0) is 6.54 Å². The van der Waals surface area contributed by atoms with Crippen LogP contribution in [0.5, 0.6) is 0 Å². The highest BCUT2D eigenvalue weighted by Crippen LogP contribution is 2.15. The van der Waals surface area contributed by atoms with Crippen molar-refractivity contribution >= 4 is 11.0 Å². The summed E-state index contributed by atoms with van der Waals surface area (Å²) in [5.41, 5.74) is 3.64. The molecule has 0 aliphatic carbocycles. The second kappa shape index (κ2) is 3.45. The van der Waals surface area contributed by atoms with Gasteiger partial charge >= 0.3 is 0 Å². The molecule has 0 bridgehead atoms. The van der Waals surface area contributed by atoms with Gasteiger partial charge in [-0.1, -0.05) is 19.9 Å². The first kappa shape index (κ1) is 9.25. The molecule has 1 aromatic carbocycles. The molecule has 0 saturated heterocycles. The van der Waals surface area contributed by atoms with Gasteiger partial charge in [-0.3, -0.25) is 0 Å². The number of aromatic nitrogens is 2. The van der Waals surface area contributed by atoms with Gasteiger partial charge in [-0.05, 0) is 30.5 Å². The fourth-order valence-electron chi connectivity index (χ4n) is 1.71. The van der Waals surface area contributed by atoms with E-state index >= 15 is 0 Å². The largest absolute Gasteiger partial charge is 0.330 e. The highest BCUT2D eigenvalue weighted by Gasteiger charge is 2.03. The molecular formula is C12H16N2. The molecule has 0 aliphatic heterocycles. The fourth-order valence-corrected chi connectivity index (χ4v) is 1.71. The van der Waals surface area contributed by atoms with Crippen molar-refractivity contribution in [2.75, 3.05) is 0 Å². The predicted octanol–water partition coefficient (Wildman–Crippen LogP) is 3.00. The van der Waals surface area contributed by atoms with Crippen LogP contribution in [0.4, 0.5) is 0 Å². The number of aryl methyl sites for hydroxylation is 1. The van der Waals surface area contributed by atoms with Crippen LogP contribution in [0, 0.1) is 12.8 Å². The Hall–Kier alpha value is -1.31. The Labute approximate surface area is 84.6 Å². The molecule has 0 amide bonds. The minimum absolute atomic E-state index is 0.660. The normalized spacial score (nSPS) is 11.4. The zero-order chi connectivity index (χ0) is 10.1. The zero-order valence-electron chi connectivity index (χ0n) is 8.99. The van der Waals surface area contributed by atoms with E-state index in [2.05, 4.69) is 48.5 Å². The van der Waals surface area contributed by atoms with Crippen LogP contribution < -0.4 is 0 Å². The topological polar surface area (TPSA) is 17.8 Å². The van der Waals surface area contributed by atoms with Crippen molar-refractivity contribution in [3.05, 3.63) is 30.1 Å². The third kappa shape index (κ3) is 1.65. The van der Waals surface area contributed by atoms with E-state index in [4.69, 9.17) is 0 Å². The summed E-state index contributed by atoms with van der Waals surface area (Å²) < 4.78 is 2.23. The van der Waals surface area contributed by atoms with Crippen molar-refractivity contribution in [1.82, 2.24) is 9.55 Å². The summed E-state index contributed by atoms with van der Waals surface area (Å²) in [4.78, 5) is 4.38. The lowest BCUT2D eigenvalue weighted by molar-refractivity contribution is 0.533. The molecule has 0 fully saturated rings. The monoisotopic (exact) mass is 188 g/mol. The first-order valence-electron chi connectivity index (χ1n) is 5.08. The van der Waals surface area contributed by atoms with Crippen LogP contribution in [0.3, 0.4) is 0 Å². The van der Waals surface area contributed by atoms with Gasteiger partial charge in [0.15, 0.2) is 0 Å². The number of benzene rings is 1. The lowest BCUT2D eigenvalue weighted by Gasteiger charge is -2.07. The minimum Gasteiger partial charge on any atom is -0.330 e. The third-order valence-electron chi connectivity index (χ3n) is 2.34. The van der Waals surface area contributed by atoms with Crippen molar-refractivity contribution in [1.29, 1.82) is 0 Å². The molecule has 0 aliphatic rings. The van der Waals surface area contributed by atoms with E-state index < -0.39 is 0 Å². The van der Waals surface area contributed by atoms with Gasteiger partial charge < -0.3 is 4.57 Å². The Morgan fingerprint density at radius 3 is 2.86 bits per heavy atom. The molecule has 0 radical (unpaired) electrons. The van der Waals surface area contributed by atoms with Gasteiger partial charge in [0, 0.05) is 6.54 Å². The van der Waals surface area contributed by atoms with Gasteiger partial charge in [-0.25, -0.2) is 4.98 Å². The Balaban J connectivity index is 2.50. The molecule has 2 rings (SSSR count). The van der Waals surface area contributed by atoms with Crippen LogP contribution in [0.25, 0.3) is 11.0 Å². The summed E-state index contributed by atoms with van der Waals surface area (Å²) in [6, 6.07) is 6.39. The maximum atomic E-state index is 4.38. The lowest BCUT2D eigenvalue weighted by atomic mass is 10.2. The minimum atomic E-state index is 0.660. The third-order valence-corrected chi connectivity index (χ3v) is 2.34. The molecule has 0 saturated carbocycles. The number of imidazole rings is 1. The van der Waals surface area contributed by atoms with E-state index in [0.29, 0.717) is 5.92 Å². The molecule has 74 valence electrons. The SMILES string of the molecule is Cc1ccc2ncn(CC(C)C)c2c1. The maximum absolute atomic E-state index is 4.38. The number of rotatable bonds is 2. The second-order valence-corrected chi connectivity index (χ2v) is 4.28. The average Bonchev–Trinajstić information content (AvgIpc) is 2.47. The molecule has 2 nitrogen and oxygen atoms in total. The molecule has 14 heavy (non-hydrogen) atoms. The van der Waals surface area contributed by atoms with Gasteiger partial charge in [0.1, 0.15) is 0 Å². The molecule has 1 heterocycles. The van der Waals surface area contributed by atoms with Gasteiger partial charge in [-0.2, -0.15) is 0 Å². The maximum Gasteiger partial charge on any atom is 0.0958 e. The fraction of sp³-hybridized carbons (Fsp3) is 0.417. The average molecular weight is 188 g/mol. The van der Waals surface area contributed by atoms with Crippen molar-refractivity contribution in [2.45, 2.75) is 27.3 Å². The molecule has 1 aromatic heterocycles. The molecule has 0 atom stereocenters. The molecule has 2 heteroatoms. The molecule has 0 spiro atoms. The smallest absolute Gasteiger partial charge is 0.0958 e. The first-order valence-corrected chi connectivity index (χ1v) is 5.08. The van der Waals surface area contributed by atoms with Gasteiger partial charge in [-0.15, -0.1) is 0 Å². The Morgan fingerprint density at radius 2 is 2.14 bits per heavy atom. The van der Waals surface area contributed by atoms with Crippen molar-refractivity contribution < 1.29 is 0 Å². The quantitative estimate of drug-likeness (QED) is 0.708. The summed E-state index contributed by atoms with van der Waals surface area (Å²) in [7, 11) is 0. The van der Waals surface area contributed by atoms with Crippen molar-refractivity contribution in [2.24, 2.45) is 5.92 Å². The summed E-state index contributed by atoms with van der Waals surface area (Å²) in [5.74, 6) is 0.660. The van der Waals surface area contributed by atoms with Crippen LogP contribution in [0.2, 0.25) is 0 Å². The summed E-state index contributed by atoms with van der Waals surface area (Å²) in [5, 5.41) is 0. The van der Waals surface area contributed by atoms with E-state index in [-0.39, 0.29) is 0 Å². The van der Waals surface area contributed by atoms with Crippen LogP contribution >= 0.6 is 0 Å². The molecule has 0 unspecified atom stereocenters. The summed E-state index contributed by atoms with van der Waals surface area (Å²) >= 11 is 0. The van der Waals surface area contributed by atoms with E-state index in [1.54, 1.807) is 0 Å². The molecule has 2 aromatic rings. The Bertz CT molecular complexity index is 441. The highest BCUT2D eigenvalue weighted by atomic mass is 15.0. The molecule has 0 N–H and O–H groups in total. The summed E-state index contributed by atoms with van der Waals surface area (Å²) in [6.07, 6.45) is 1.93. The lowest BCUT2D eigenvalue weighted by Crippen LogP contribution is -2.02. The van der Waals surface area contributed by atoms with Crippen molar-refractivity contribution in [3.63, 3.8) is 0 Å². The van der Waals surface area contributed by atoms with E-state index in [1.807, 2.05) is 6.33 Å².